The Morgan fingerprint density at radius 2 is 1.18 bits per heavy atom. The van der Waals surface area contributed by atoms with Gasteiger partial charge in [-0.05, 0) is 0 Å². The molecule has 0 aliphatic carbocycles. The summed E-state index contributed by atoms with van der Waals surface area (Å²) in [7, 11) is 0. The number of benzene rings is 1. The van der Waals surface area contributed by atoms with E-state index in [4.69, 9.17) is 0 Å². The van der Waals surface area contributed by atoms with Crippen molar-refractivity contribution in [2.75, 3.05) is 52.4 Å². The van der Waals surface area contributed by atoms with Crippen molar-refractivity contribution < 1.29 is 4.79 Å². The SMILES string of the molecule is O=C([Se]P123N4CCN1CCN2CCN3CC4)c1ccccc1. The van der Waals surface area contributed by atoms with E-state index in [-0.39, 0.29) is 14.5 Å². The predicted molar refractivity (Wildman–Crippen MR) is 89.7 cm³/mol. The third-order valence-corrected chi connectivity index (χ3v) is 21.2. The molecular formula is C15H21N4OPSe. The van der Waals surface area contributed by atoms with E-state index < -0.39 is 5.90 Å². The van der Waals surface area contributed by atoms with Gasteiger partial charge in [0.15, 0.2) is 0 Å². The molecule has 4 saturated heterocycles. The van der Waals surface area contributed by atoms with Crippen LogP contribution in [0, 0.1) is 0 Å². The molecule has 0 N–H and O–H groups in total. The summed E-state index contributed by atoms with van der Waals surface area (Å²) in [6.07, 6.45) is 0. The van der Waals surface area contributed by atoms with Crippen molar-refractivity contribution in [1.82, 2.24) is 18.7 Å². The normalized spacial score (nSPS) is 31.7. The quantitative estimate of drug-likeness (QED) is 0.572. The van der Waals surface area contributed by atoms with Crippen LogP contribution in [0.4, 0.5) is 0 Å². The molecule has 0 saturated carbocycles. The fraction of sp³-hybridized carbons (Fsp3) is 0.533. The van der Waals surface area contributed by atoms with Gasteiger partial charge < -0.3 is 0 Å². The third-order valence-electron chi connectivity index (χ3n) is 5.70. The molecule has 1 aromatic carbocycles. The van der Waals surface area contributed by atoms with Crippen LogP contribution in [0.3, 0.4) is 0 Å². The minimum absolute atomic E-state index is 0.0209. The van der Waals surface area contributed by atoms with Crippen LogP contribution in [-0.2, 0) is 0 Å². The first-order chi connectivity index (χ1) is 10.8. The molecule has 5 nitrogen and oxygen atoms in total. The predicted octanol–water partition coefficient (Wildman–Crippen LogP) is 0.922. The standard InChI is InChI=1S/C15H21N4OPSe/c20-15(14-4-2-1-3-5-14)22-21-16-6-7-17(21)10-11-19(21)13-12-18(21)9-8-16/h1-5H,6-13H2. The summed E-state index contributed by atoms with van der Waals surface area (Å²) in [6, 6.07) is 9.95. The van der Waals surface area contributed by atoms with Crippen molar-refractivity contribution >= 4 is 25.1 Å². The number of carbonyl (C=O) groups excluding carboxylic acids is 1. The van der Waals surface area contributed by atoms with Crippen molar-refractivity contribution in [3.63, 3.8) is 0 Å². The molecule has 0 aromatic heterocycles. The monoisotopic (exact) mass is 384 g/mol. The van der Waals surface area contributed by atoms with Gasteiger partial charge in [-0.25, -0.2) is 0 Å². The number of nitrogens with zero attached hydrogens (tertiary/aromatic N) is 4. The fourth-order valence-electron chi connectivity index (χ4n) is 4.85. The van der Waals surface area contributed by atoms with Crippen LogP contribution in [0.1, 0.15) is 10.4 Å². The first-order valence-electron chi connectivity index (χ1n) is 8.08. The molecule has 7 heteroatoms. The molecule has 1 spiro atoms. The Kier molecular flexibility index (Phi) is 2.95. The van der Waals surface area contributed by atoms with Crippen LogP contribution in [0.5, 0.6) is 0 Å². The molecular weight excluding hydrogens is 362 g/mol. The molecule has 118 valence electrons. The van der Waals surface area contributed by atoms with Crippen LogP contribution >= 0.6 is 5.90 Å². The molecule has 4 aliphatic heterocycles. The Hall–Kier alpha value is -0.321. The van der Waals surface area contributed by atoms with Crippen LogP contribution < -0.4 is 0 Å². The van der Waals surface area contributed by atoms with Crippen LogP contribution in [-0.4, -0.2) is 90.2 Å². The van der Waals surface area contributed by atoms with E-state index >= 15 is 0 Å². The van der Waals surface area contributed by atoms with Crippen LogP contribution in [0.15, 0.2) is 30.3 Å². The summed E-state index contributed by atoms with van der Waals surface area (Å²) < 4.78 is 11.4. The summed E-state index contributed by atoms with van der Waals surface area (Å²) in [5.74, 6) is -2.41. The minimum atomic E-state index is -2.41. The molecule has 0 bridgehead atoms. The zero-order chi connectivity index (χ0) is 14.8. The average molecular weight is 383 g/mol. The maximum absolute atomic E-state index is 13.1. The molecule has 5 rings (SSSR count). The van der Waals surface area contributed by atoms with Crippen molar-refractivity contribution in [2.45, 2.75) is 0 Å². The van der Waals surface area contributed by atoms with E-state index in [2.05, 4.69) is 18.7 Å². The fourth-order valence-corrected chi connectivity index (χ4v) is 21.2. The number of hydrogen-bond acceptors (Lipinski definition) is 5. The molecule has 0 radical (unpaired) electrons. The van der Waals surface area contributed by atoms with E-state index in [0.717, 1.165) is 57.9 Å². The summed E-state index contributed by atoms with van der Waals surface area (Å²) in [5.41, 5.74) is 0.906. The van der Waals surface area contributed by atoms with Crippen molar-refractivity contribution in [3.8, 4) is 0 Å². The Morgan fingerprint density at radius 3 is 1.59 bits per heavy atom. The second-order valence-corrected chi connectivity index (χ2v) is 16.6. The summed E-state index contributed by atoms with van der Waals surface area (Å²) in [6.45, 7) is 9.29. The van der Waals surface area contributed by atoms with E-state index in [1.54, 1.807) is 0 Å². The van der Waals surface area contributed by atoms with E-state index in [0.29, 0.717) is 4.68 Å². The summed E-state index contributed by atoms with van der Waals surface area (Å²) in [4.78, 5) is 13.1. The van der Waals surface area contributed by atoms with E-state index in [1.807, 2.05) is 30.3 Å². The number of carbonyl (C=O) groups is 1. The maximum atomic E-state index is 13.1. The molecule has 4 aliphatic rings. The molecule has 22 heavy (non-hydrogen) atoms. The summed E-state index contributed by atoms with van der Waals surface area (Å²) >= 11 is -0.0209. The number of rotatable bonds is 3. The zero-order valence-corrected chi connectivity index (χ0v) is 15.2. The molecule has 0 atom stereocenters. The van der Waals surface area contributed by atoms with Gasteiger partial charge in [-0.2, -0.15) is 0 Å². The van der Waals surface area contributed by atoms with E-state index in [1.165, 1.54) is 0 Å². The Labute approximate surface area is 137 Å². The zero-order valence-electron chi connectivity index (χ0n) is 12.6. The van der Waals surface area contributed by atoms with Gasteiger partial charge in [0.25, 0.3) is 0 Å². The topological polar surface area (TPSA) is 30.0 Å². The summed E-state index contributed by atoms with van der Waals surface area (Å²) in [5, 5.41) is 0. The van der Waals surface area contributed by atoms with Crippen LogP contribution in [0.25, 0.3) is 0 Å². The van der Waals surface area contributed by atoms with Crippen molar-refractivity contribution in [2.24, 2.45) is 0 Å². The van der Waals surface area contributed by atoms with Crippen molar-refractivity contribution in [1.29, 1.82) is 0 Å². The van der Waals surface area contributed by atoms with Gasteiger partial charge in [-0.3, -0.25) is 0 Å². The van der Waals surface area contributed by atoms with Crippen LogP contribution in [0.2, 0.25) is 0 Å². The van der Waals surface area contributed by atoms with Gasteiger partial charge in [0.2, 0.25) is 0 Å². The molecule has 4 fully saturated rings. The molecule has 4 heterocycles. The van der Waals surface area contributed by atoms with Gasteiger partial charge in [0.05, 0.1) is 0 Å². The second-order valence-electron chi connectivity index (χ2n) is 6.42. The molecule has 0 amide bonds. The number of hydrogen-bond donors (Lipinski definition) is 0. The van der Waals surface area contributed by atoms with Gasteiger partial charge in [0.1, 0.15) is 0 Å². The Bertz CT molecular complexity index is 566. The molecule has 1 aromatic rings. The molecule has 0 unspecified atom stereocenters. The first kappa shape index (κ1) is 14.1. The second kappa shape index (κ2) is 4.61. The Morgan fingerprint density at radius 1 is 0.773 bits per heavy atom. The van der Waals surface area contributed by atoms with E-state index in [9.17, 15) is 4.79 Å². The van der Waals surface area contributed by atoms with Gasteiger partial charge in [0, 0.05) is 0 Å². The average Bonchev–Trinajstić information content (AvgIpc) is 3.16. The van der Waals surface area contributed by atoms with Gasteiger partial charge in [-0.15, -0.1) is 0 Å². The van der Waals surface area contributed by atoms with Gasteiger partial charge >= 0.3 is 137 Å². The van der Waals surface area contributed by atoms with Gasteiger partial charge in [-0.1, -0.05) is 0 Å². The third kappa shape index (κ3) is 1.41. The van der Waals surface area contributed by atoms with Crippen molar-refractivity contribution in [3.05, 3.63) is 35.9 Å². The Balaban J connectivity index is 1.62. The first-order valence-corrected chi connectivity index (χ1v) is 13.2.